The quantitative estimate of drug-likeness (QED) is 0.158. The lowest BCUT2D eigenvalue weighted by atomic mass is 10.1. The number of ether oxygens (including phenoxy) is 4. The Hall–Kier alpha value is -6.94. The summed E-state index contributed by atoms with van der Waals surface area (Å²) < 4.78 is 23.5. The highest BCUT2D eigenvalue weighted by atomic mass is 16.5. The van der Waals surface area contributed by atoms with Gasteiger partial charge in [0.2, 0.25) is 0 Å². The zero-order valence-electron chi connectivity index (χ0n) is 27.9. The van der Waals surface area contributed by atoms with Crippen LogP contribution in [-0.2, 0) is 0 Å². The third-order valence-corrected chi connectivity index (χ3v) is 8.54. The van der Waals surface area contributed by atoms with E-state index in [0.717, 1.165) is 44.3 Å². The van der Waals surface area contributed by atoms with Crippen molar-refractivity contribution in [2.24, 2.45) is 0 Å². The van der Waals surface area contributed by atoms with Crippen LogP contribution in [0.1, 0.15) is 20.7 Å². The molecule has 0 spiro atoms. The molecular formula is C42H32N4O6. The number of carbonyl (C=O) groups is 2. The van der Waals surface area contributed by atoms with E-state index in [2.05, 4.69) is 35.1 Å². The van der Waals surface area contributed by atoms with E-state index in [0.29, 0.717) is 47.3 Å². The molecule has 5 aromatic carbocycles. The Labute approximate surface area is 298 Å². The standard InChI is InChI=1S/C42H32N4O6/c47-41-31-3-1-5-35(25-31)51-23-21-49-33-15-9-27(10-16-33)37-19-13-29-7-8-30-14-20-38(44-40(30)39(29)43-37)28-11-17-34(18-12-28)50-22-24-52-36-6-2-4-32(26-36)42(48)46-45-41/h1-20,25-26H,21-24H2,(H,45,47)(H,46,48). The smallest absolute Gasteiger partial charge is 0.269 e. The summed E-state index contributed by atoms with van der Waals surface area (Å²) in [5, 5.41) is 2.01. The number of pyridine rings is 2. The van der Waals surface area contributed by atoms with E-state index >= 15 is 0 Å². The molecule has 7 aromatic rings. The van der Waals surface area contributed by atoms with E-state index in [1.807, 2.05) is 60.7 Å². The maximum atomic E-state index is 12.8. The van der Waals surface area contributed by atoms with Crippen LogP contribution < -0.4 is 29.8 Å². The molecule has 0 unspecified atom stereocenters. The molecule has 256 valence electrons. The van der Waals surface area contributed by atoms with Crippen molar-refractivity contribution in [3.05, 3.63) is 145 Å². The molecule has 3 aliphatic heterocycles. The van der Waals surface area contributed by atoms with Crippen molar-refractivity contribution >= 4 is 33.6 Å². The summed E-state index contributed by atoms with van der Waals surface area (Å²) in [5.74, 6) is 1.38. The number of fused-ring (bicyclic) bond motifs is 2. The monoisotopic (exact) mass is 688 g/mol. The van der Waals surface area contributed by atoms with Crippen molar-refractivity contribution in [1.29, 1.82) is 0 Å². The highest BCUT2D eigenvalue weighted by molar-refractivity contribution is 6.04. The van der Waals surface area contributed by atoms with Gasteiger partial charge in [-0.2, -0.15) is 0 Å². The minimum Gasteiger partial charge on any atom is -0.490 e. The minimum atomic E-state index is -0.492. The number of hydrogen-bond donors (Lipinski definition) is 2. The molecule has 2 N–H and O–H groups in total. The third-order valence-electron chi connectivity index (χ3n) is 8.54. The summed E-state index contributed by atoms with van der Waals surface area (Å²) in [6, 6.07) is 41.2. The van der Waals surface area contributed by atoms with Crippen molar-refractivity contribution in [2.75, 3.05) is 26.4 Å². The Morgan fingerprint density at radius 3 is 1.21 bits per heavy atom. The Kier molecular flexibility index (Phi) is 9.00. The summed E-state index contributed by atoms with van der Waals surface area (Å²) in [6.45, 7) is 1.09. The molecular weight excluding hydrogens is 656 g/mol. The van der Waals surface area contributed by atoms with Crippen molar-refractivity contribution in [3.8, 4) is 45.5 Å². The van der Waals surface area contributed by atoms with Crippen molar-refractivity contribution in [3.63, 3.8) is 0 Å². The molecule has 2 amide bonds. The molecule has 52 heavy (non-hydrogen) atoms. The summed E-state index contributed by atoms with van der Waals surface area (Å²) in [6.07, 6.45) is 0. The SMILES string of the molecule is O=C1NNC(=O)c2cccc(c2)OCCOc2ccc(cc2)-c2ccc3ccc4ccc(nc4c3n2)-c2ccc(cc2)OCCOc2cccc1c2. The zero-order chi connectivity index (χ0) is 35.3. The van der Waals surface area contributed by atoms with Gasteiger partial charge in [0.25, 0.3) is 11.8 Å². The first kappa shape index (κ1) is 32.3. The molecule has 0 saturated carbocycles. The lowest BCUT2D eigenvalue weighted by molar-refractivity contribution is 0.0846. The van der Waals surface area contributed by atoms with E-state index in [-0.39, 0.29) is 13.2 Å². The first-order valence-electron chi connectivity index (χ1n) is 16.8. The second kappa shape index (κ2) is 14.5. The Morgan fingerprint density at radius 2 is 0.788 bits per heavy atom. The topological polar surface area (TPSA) is 121 Å². The molecule has 12 bridgehead atoms. The Bertz CT molecular complexity index is 2240. The van der Waals surface area contributed by atoms with Gasteiger partial charge in [-0.1, -0.05) is 36.4 Å². The molecule has 0 atom stereocenters. The maximum absolute atomic E-state index is 12.8. The second-order valence-corrected chi connectivity index (χ2v) is 12.0. The average Bonchev–Trinajstić information content (AvgIpc) is 3.20. The molecule has 2 aromatic heterocycles. The maximum Gasteiger partial charge on any atom is 0.269 e. The molecule has 10 heteroatoms. The molecule has 10 nitrogen and oxygen atoms in total. The van der Waals surface area contributed by atoms with E-state index < -0.39 is 11.8 Å². The van der Waals surface area contributed by atoms with Crippen LogP contribution in [0.2, 0.25) is 0 Å². The van der Waals surface area contributed by atoms with Gasteiger partial charge >= 0.3 is 0 Å². The van der Waals surface area contributed by atoms with Gasteiger partial charge in [-0.3, -0.25) is 20.4 Å². The highest BCUT2D eigenvalue weighted by Crippen LogP contribution is 2.30. The van der Waals surface area contributed by atoms with E-state index in [1.165, 1.54) is 0 Å². The summed E-state index contributed by atoms with van der Waals surface area (Å²) in [4.78, 5) is 35.7. The van der Waals surface area contributed by atoms with Gasteiger partial charge in [0.1, 0.15) is 49.4 Å². The van der Waals surface area contributed by atoms with Crippen LogP contribution >= 0.6 is 0 Å². The fraction of sp³-hybridized carbons (Fsp3) is 0.0952. The molecule has 0 aliphatic carbocycles. The number of nitrogens with one attached hydrogen (secondary N) is 2. The number of hydrogen-bond acceptors (Lipinski definition) is 8. The highest BCUT2D eigenvalue weighted by Gasteiger charge is 2.13. The number of aromatic nitrogens is 2. The van der Waals surface area contributed by atoms with Crippen LogP contribution in [0.15, 0.2) is 133 Å². The fourth-order valence-electron chi connectivity index (χ4n) is 5.88. The van der Waals surface area contributed by atoms with E-state index in [9.17, 15) is 9.59 Å². The molecule has 0 saturated heterocycles. The Morgan fingerprint density at radius 1 is 0.404 bits per heavy atom. The second-order valence-electron chi connectivity index (χ2n) is 12.0. The predicted octanol–water partition coefficient (Wildman–Crippen LogP) is 7.42. The van der Waals surface area contributed by atoms with E-state index in [1.54, 1.807) is 48.5 Å². The molecule has 0 radical (unpaired) electrons. The normalized spacial score (nSPS) is 13.7. The van der Waals surface area contributed by atoms with Crippen LogP contribution in [0, 0.1) is 0 Å². The van der Waals surface area contributed by atoms with Gasteiger partial charge in [-0.05, 0) is 97.1 Å². The van der Waals surface area contributed by atoms with Crippen LogP contribution in [0.3, 0.4) is 0 Å². The number of rotatable bonds is 0. The van der Waals surface area contributed by atoms with Crippen molar-refractivity contribution in [2.45, 2.75) is 0 Å². The number of amides is 2. The number of nitrogens with zero attached hydrogens (tertiary/aromatic N) is 2. The lowest BCUT2D eigenvalue weighted by Gasteiger charge is -2.12. The third kappa shape index (κ3) is 7.17. The summed E-state index contributed by atoms with van der Waals surface area (Å²) in [5.41, 5.74) is 10.8. The molecule has 3 aliphatic rings. The van der Waals surface area contributed by atoms with Crippen LogP contribution in [0.4, 0.5) is 0 Å². The van der Waals surface area contributed by atoms with Gasteiger partial charge in [0.05, 0.1) is 22.4 Å². The Balaban J connectivity index is 1.06. The van der Waals surface area contributed by atoms with Gasteiger partial charge < -0.3 is 18.9 Å². The predicted molar refractivity (Wildman–Crippen MR) is 198 cm³/mol. The first-order chi connectivity index (χ1) is 25.6. The molecule has 0 fully saturated rings. The number of hydrazine groups is 1. The molecule has 10 rings (SSSR count). The molecule has 5 heterocycles. The van der Waals surface area contributed by atoms with Gasteiger partial charge in [-0.15, -0.1) is 0 Å². The van der Waals surface area contributed by atoms with Gasteiger partial charge in [-0.25, -0.2) is 9.97 Å². The average molecular weight is 689 g/mol. The number of carbonyl (C=O) groups excluding carboxylic acids is 2. The van der Waals surface area contributed by atoms with Gasteiger partial charge in [0, 0.05) is 33.0 Å². The summed E-state index contributed by atoms with van der Waals surface area (Å²) in [7, 11) is 0. The first-order valence-corrected chi connectivity index (χ1v) is 16.8. The van der Waals surface area contributed by atoms with Crippen LogP contribution in [0.25, 0.3) is 44.3 Å². The van der Waals surface area contributed by atoms with Crippen molar-refractivity contribution in [1.82, 2.24) is 20.8 Å². The minimum absolute atomic E-state index is 0.256. The fourth-order valence-corrected chi connectivity index (χ4v) is 5.88. The van der Waals surface area contributed by atoms with E-state index in [4.69, 9.17) is 28.9 Å². The lowest BCUT2D eigenvalue weighted by Crippen LogP contribution is -2.41. The van der Waals surface area contributed by atoms with Crippen LogP contribution in [0.5, 0.6) is 23.0 Å². The van der Waals surface area contributed by atoms with Crippen LogP contribution in [-0.4, -0.2) is 48.2 Å². The van der Waals surface area contributed by atoms with Gasteiger partial charge in [0.15, 0.2) is 0 Å². The largest absolute Gasteiger partial charge is 0.490 e. The van der Waals surface area contributed by atoms with Crippen molar-refractivity contribution < 1.29 is 28.5 Å². The zero-order valence-corrected chi connectivity index (χ0v) is 27.9. The summed E-state index contributed by atoms with van der Waals surface area (Å²) >= 11 is 0. The number of benzene rings is 5.